The Morgan fingerprint density at radius 3 is 2.91 bits per heavy atom. The van der Waals surface area contributed by atoms with Crippen LogP contribution in [0.25, 0.3) is 0 Å². The van der Waals surface area contributed by atoms with Crippen molar-refractivity contribution in [1.82, 2.24) is 10.3 Å². The molecule has 1 aliphatic carbocycles. The molecule has 1 aliphatic rings. The molecule has 2 rings (SSSR count). The van der Waals surface area contributed by atoms with E-state index < -0.39 is 18.9 Å². The number of pyridine rings is 1. The molecule has 2 atom stereocenters. The van der Waals surface area contributed by atoms with Crippen LogP contribution in [-0.4, -0.2) is 35.8 Å². The summed E-state index contributed by atoms with van der Waals surface area (Å²) in [6.07, 6.45) is -1.06. The predicted octanol–water partition coefficient (Wildman–Crippen LogP) is 3.35. The molecule has 4 nitrogen and oxygen atoms in total. The van der Waals surface area contributed by atoms with Crippen LogP contribution < -0.4 is 5.32 Å². The molecule has 1 fully saturated rings. The van der Waals surface area contributed by atoms with Crippen LogP contribution in [-0.2, 0) is 4.74 Å². The average Bonchev–Trinajstić information content (AvgIpc) is 2.45. The molecule has 1 aromatic rings. The van der Waals surface area contributed by atoms with Crippen LogP contribution in [0, 0.1) is 0 Å². The maximum atomic E-state index is 12.2. The summed E-state index contributed by atoms with van der Waals surface area (Å²) in [6.45, 7) is -1.26. The summed E-state index contributed by atoms with van der Waals surface area (Å²) in [6, 6.07) is 2.78. The normalized spacial score (nSPS) is 22.4. The first-order valence-electron chi connectivity index (χ1n) is 6.94. The Morgan fingerprint density at radius 2 is 2.23 bits per heavy atom. The van der Waals surface area contributed by atoms with Gasteiger partial charge in [-0.2, -0.15) is 13.2 Å². The Kier molecular flexibility index (Phi) is 5.63. The zero-order valence-electron chi connectivity index (χ0n) is 11.7. The number of ether oxygens (including phenoxy) is 1. The number of aromatic nitrogens is 1. The van der Waals surface area contributed by atoms with Crippen molar-refractivity contribution in [2.24, 2.45) is 0 Å². The van der Waals surface area contributed by atoms with Gasteiger partial charge in [0.05, 0.1) is 6.10 Å². The minimum atomic E-state index is -4.33. The Bertz CT molecular complexity index is 525. The summed E-state index contributed by atoms with van der Waals surface area (Å²) in [5.41, 5.74) is 0.186. The molecule has 0 radical (unpaired) electrons. The van der Waals surface area contributed by atoms with Crippen LogP contribution in [0.2, 0.25) is 5.02 Å². The smallest absolute Gasteiger partial charge is 0.369 e. The van der Waals surface area contributed by atoms with Crippen molar-refractivity contribution in [2.75, 3.05) is 6.61 Å². The van der Waals surface area contributed by atoms with Gasteiger partial charge in [-0.3, -0.25) is 9.78 Å². The highest BCUT2D eigenvalue weighted by atomic mass is 35.5. The van der Waals surface area contributed by atoms with Crippen LogP contribution >= 0.6 is 11.6 Å². The lowest BCUT2D eigenvalue weighted by atomic mass is 9.92. The van der Waals surface area contributed by atoms with Crippen molar-refractivity contribution in [3.8, 4) is 0 Å². The first kappa shape index (κ1) is 17.0. The van der Waals surface area contributed by atoms with E-state index in [4.69, 9.17) is 16.3 Å². The van der Waals surface area contributed by atoms with Crippen molar-refractivity contribution < 1.29 is 22.7 Å². The molecular formula is C14H16ClF3N2O2. The van der Waals surface area contributed by atoms with E-state index in [9.17, 15) is 18.0 Å². The Hall–Kier alpha value is -1.34. The van der Waals surface area contributed by atoms with Gasteiger partial charge in [0.25, 0.3) is 5.91 Å². The van der Waals surface area contributed by atoms with Gasteiger partial charge in [0.15, 0.2) is 0 Å². The lowest BCUT2D eigenvalue weighted by Crippen LogP contribution is -2.41. The highest BCUT2D eigenvalue weighted by Crippen LogP contribution is 2.24. The standard InChI is InChI=1S/C14H16ClF3N2O2/c15-9-4-5-19-12(6-9)13(21)20-10-2-1-3-11(7-10)22-8-14(16,17)18/h4-6,10-11H,1-3,7-8H2,(H,20,21). The average molecular weight is 337 g/mol. The molecule has 1 heterocycles. The summed E-state index contributed by atoms with van der Waals surface area (Å²) in [7, 11) is 0. The molecule has 0 bridgehead atoms. The van der Waals surface area contributed by atoms with E-state index >= 15 is 0 Å². The summed E-state index contributed by atoms with van der Waals surface area (Å²) in [5.74, 6) is -0.385. The molecule has 122 valence electrons. The zero-order chi connectivity index (χ0) is 16.2. The van der Waals surface area contributed by atoms with Crippen molar-refractivity contribution in [3.05, 3.63) is 29.0 Å². The number of alkyl halides is 3. The number of hydrogen-bond acceptors (Lipinski definition) is 3. The maximum absolute atomic E-state index is 12.2. The topological polar surface area (TPSA) is 51.2 Å². The molecule has 0 aromatic carbocycles. The van der Waals surface area contributed by atoms with Gasteiger partial charge in [-0.05, 0) is 37.8 Å². The van der Waals surface area contributed by atoms with Crippen molar-refractivity contribution >= 4 is 17.5 Å². The van der Waals surface area contributed by atoms with Gasteiger partial charge in [-0.25, -0.2) is 0 Å². The zero-order valence-corrected chi connectivity index (χ0v) is 12.5. The monoisotopic (exact) mass is 336 g/mol. The lowest BCUT2D eigenvalue weighted by molar-refractivity contribution is -0.188. The first-order chi connectivity index (χ1) is 10.3. The van der Waals surface area contributed by atoms with Gasteiger partial charge in [-0.15, -0.1) is 0 Å². The number of amides is 1. The number of rotatable bonds is 4. The van der Waals surface area contributed by atoms with E-state index in [0.717, 1.165) is 0 Å². The maximum Gasteiger partial charge on any atom is 0.411 e. The van der Waals surface area contributed by atoms with Crippen LogP contribution in [0.4, 0.5) is 13.2 Å². The van der Waals surface area contributed by atoms with Gasteiger partial charge < -0.3 is 10.1 Å². The second-order valence-corrected chi connectivity index (χ2v) is 5.68. The Morgan fingerprint density at radius 1 is 1.45 bits per heavy atom. The molecule has 1 aromatic heterocycles. The molecule has 1 saturated carbocycles. The van der Waals surface area contributed by atoms with Crippen LogP contribution in [0.5, 0.6) is 0 Å². The van der Waals surface area contributed by atoms with Crippen molar-refractivity contribution in [2.45, 2.75) is 44.0 Å². The van der Waals surface area contributed by atoms with Gasteiger partial charge in [0.1, 0.15) is 12.3 Å². The highest BCUT2D eigenvalue weighted by molar-refractivity contribution is 6.30. The molecule has 0 spiro atoms. The molecule has 0 aliphatic heterocycles. The number of carbonyl (C=O) groups excluding carboxylic acids is 1. The second-order valence-electron chi connectivity index (χ2n) is 5.24. The number of hydrogen-bond donors (Lipinski definition) is 1. The quantitative estimate of drug-likeness (QED) is 0.917. The Labute approximate surface area is 131 Å². The number of nitrogens with one attached hydrogen (secondary N) is 1. The third-order valence-electron chi connectivity index (χ3n) is 3.40. The first-order valence-corrected chi connectivity index (χ1v) is 7.32. The van der Waals surface area contributed by atoms with Crippen LogP contribution in [0.15, 0.2) is 18.3 Å². The molecule has 0 saturated heterocycles. The molecule has 22 heavy (non-hydrogen) atoms. The van der Waals surface area contributed by atoms with Gasteiger partial charge in [-0.1, -0.05) is 11.6 Å². The lowest BCUT2D eigenvalue weighted by Gasteiger charge is -2.30. The minimum Gasteiger partial charge on any atom is -0.369 e. The third kappa shape index (κ3) is 5.46. The van der Waals surface area contributed by atoms with E-state index in [1.165, 1.54) is 12.3 Å². The second kappa shape index (κ2) is 7.28. The van der Waals surface area contributed by atoms with Crippen molar-refractivity contribution in [3.63, 3.8) is 0 Å². The highest BCUT2D eigenvalue weighted by Gasteiger charge is 2.31. The van der Waals surface area contributed by atoms with Gasteiger partial charge in [0, 0.05) is 17.3 Å². The van der Waals surface area contributed by atoms with Gasteiger partial charge in [0.2, 0.25) is 0 Å². The molecular weight excluding hydrogens is 321 g/mol. The fraction of sp³-hybridized carbons (Fsp3) is 0.571. The van der Waals surface area contributed by atoms with Crippen LogP contribution in [0.1, 0.15) is 36.2 Å². The summed E-state index contributed by atoms with van der Waals surface area (Å²) >= 11 is 5.79. The molecule has 1 N–H and O–H groups in total. The summed E-state index contributed by atoms with van der Waals surface area (Å²) in [5, 5.41) is 3.17. The fourth-order valence-corrected chi connectivity index (χ4v) is 2.59. The van der Waals surface area contributed by atoms with Gasteiger partial charge >= 0.3 is 6.18 Å². The SMILES string of the molecule is O=C(NC1CCCC(OCC(F)(F)F)C1)c1cc(Cl)ccn1. The summed E-state index contributed by atoms with van der Waals surface area (Å²) in [4.78, 5) is 16.0. The van der Waals surface area contributed by atoms with E-state index in [-0.39, 0.29) is 17.6 Å². The molecule has 2 unspecified atom stereocenters. The summed E-state index contributed by atoms with van der Waals surface area (Å²) < 4.78 is 41.4. The van der Waals surface area contributed by atoms with Crippen molar-refractivity contribution in [1.29, 1.82) is 0 Å². The molecule has 1 amide bonds. The largest absolute Gasteiger partial charge is 0.411 e. The molecule has 8 heteroatoms. The Balaban J connectivity index is 1.86. The van der Waals surface area contributed by atoms with E-state index in [0.29, 0.717) is 30.7 Å². The minimum absolute atomic E-state index is 0.186. The number of carbonyl (C=O) groups is 1. The predicted molar refractivity (Wildman–Crippen MR) is 74.8 cm³/mol. The fourth-order valence-electron chi connectivity index (χ4n) is 2.43. The van der Waals surface area contributed by atoms with E-state index in [1.54, 1.807) is 6.07 Å². The third-order valence-corrected chi connectivity index (χ3v) is 3.63. The number of nitrogens with zero attached hydrogens (tertiary/aromatic N) is 1. The number of halogens is 4. The van der Waals surface area contributed by atoms with E-state index in [1.807, 2.05) is 0 Å². The van der Waals surface area contributed by atoms with E-state index in [2.05, 4.69) is 10.3 Å². The van der Waals surface area contributed by atoms with Crippen LogP contribution in [0.3, 0.4) is 0 Å².